The van der Waals surface area contributed by atoms with E-state index in [0.717, 1.165) is 12.1 Å². The predicted octanol–water partition coefficient (Wildman–Crippen LogP) is 2.63. The molecule has 1 rings (SSSR count). The number of halogens is 2. The van der Waals surface area contributed by atoms with Gasteiger partial charge < -0.3 is 9.84 Å². The minimum atomic E-state index is -0.682. The summed E-state index contributed by atoms with van der Waals surface area (Å²) in [5.74, 6) is -1.15. The monoisotopic (exact) mass is 230 g/mol. The number of ether oxygens (including phenoxy) is 1. The van der Waals surface area contributed by atoms with Crippen molar-refractivity contribution in [1.29, 1.82) is 0 Å². The summed E-state index contributed by atoms with van der Waals surface area (Å²) >= 11 is 0. The maximum Gasteiger partial charge on any atom is 0.133 e. The third-order valence-corrected chi connectivity index (χ3v) is 2.12. The fraction of sp³-hybridized carbons (Fsp3) is 0.500. The fourth-order valence-electron chi connectivity index (χ4n) is 1.55. The van der Waals surface area contributed by atoms with Crippen LogP contribution in [0.5, 0.6) is 5.75 Å². The van der Waals surface area contributed by atoms with Gasteiger partial charge in [-0.05, 0) is 5.41 Å². The molecule has 0 aromatic heterocycles. The normalized spacial score (nSPS) is 11.6. The highest BCUT2D eigenvalue weighted by Gasteiger charge is 2.24. The fourth-order valence-corrected chi connectivity index (χ4v) is 1.55. The van der Waals surface area contributed by atoms with E-state index in [1.165, 1.54) is 0 Å². The zero-order valence-corrected chi connectivity index (χ0v) is 9.68. The van der Waals surface area contributed by atoms with Gasteiger partial charge >= 0.3 is 0 Å². The average Bonchev–Trinajstić information content (AvgIpc) is 2.10. The molecule has 0 fully saturated rings. The Morgan fingerprint density at radius 3 is 2.38 bits per heavy atom. The van der Waals surface area contributed by atoms with Crippen LogP contribution >= 0.6 is 0 Å². The largest absolute Gasteiger partial charge is 0.491 e. The highest BCUT2D eigenvalue weighted by Crippen LogP contribution is 2.34. The van der Waals surface area contributed by atoms with Crippen LogP contribution in [0.25, 0.3) is 0 Å². The molecule has 2 nitrogen and oxygen atoms in total. The summed E-state index contributed by atoms with van der Waals surface area (Å²) in [6, 6.07) is 1.98. The molecule has 1 N–H and O–H groups in total. The molecule has 0 aliphatic carbocycles. The molecule has 16 heavy (non-hydrogen) atoms. The van der Waals surface area contributed by atoms with Gasteiger partial charge in [0.25, 0.3) is 0 Å². The first kappa shape index (κ1) is 12.9. The zero-order valence-electron chi connectivity index (χ0n) is 9.68. The zero-order chi connectivity index (χ0) is 12.3. The van der Waals surface area contributed by atoms with Crippen molar-refractivity contribution in [1.82, 2.24) is 0 Å². The van der Waals surface area contributed by atoms with E-state index < -0.39 is 17.0 Å². The number of hydrogen-bond donors (Lipinski definition) is 1. The summed E-state index contributed by atoms with van der Waals surface area (Å²) in [6.07, 6.45) is 0. The lowest BCUT2D eigenvalue weighted by molar-refractivity contribution is 0.197. The minimum absolute atomic E-state index is 0.0198. The van der Waals surface area contributed by atoms with E-state index in [-0.39, 0.29) is 19.0 Å². The van der Waals surface area contributed by atoms with E-state index in [1.54, 1.807) is 0 Å². The van der Waals surface area contributed by atoms with Crippen molar-refractivity contribution in [3.63, 3.8) is 0 Å². The maximum absolute atomic E-state index is 13.7. The number of rotatable bonds is 3. The van der Waals surface area contributed by atoms with Gasteiger partial charge in [0, 0.05) is 17.7 Å². The highest BCUT2D eigenvalue weighted by molar-refractivity contribution is 5.40. The Hall–Kier alpha value is -1.16. The summed E-state index contributed by atoms with van der Waals surface area (Å²) in [6.45, 7) is 5.27. The second-order valence-electron chi connectivity index (χ2n) is 4.58. The molecule has 1 aromatic rings. The van der Waals surface area contributed by atoms with Gasteiger partial charge in [0.1, 0.15) is 24.0 Å². The van der Waals surface area contributed by atoms with Crippen molar-refractivity contribution < 1.29 is 18.6 Å². The van der Waals surface area contributed by atoms with E-state index in [1.807, 2.05) is 20.8 Å². The van der Waals surface area contributed by atoms with E-state index in [0.29, 0.717) is 5.56 Å². The Kier molecular flexibility index (Phi) is 3.86. The van der Waals surface area contributed by atoms with E-state index in [9.17, 15) is 8.78 Å². The predicted molar refractivity (Wildman–Crippen MR) is 57.6 cm³/mol. The quantitative estimate of drug-likeness (QED) is 0.865. The molecule has 0 atom stereocenters. The van der Waals surface area contributed by atoms with Crippen molar-refractivity contribution in [2.45, 2.75) is 26.2 Å². The van der Waals surface area contributed by atoms with Crippen molar-refractivity contribution in [3.8, 4) is 5.75 Å². The lowest BCUT2D eigenvalue weighted by Crippen LogP contribution is -2.17. The molecule has 4 heteroatoms. The third kappa shape index (κ3) is 2.92. The molecule has 0 saturated carbocycles. The second kappa shape index (κ2) is 4.78. The van der Waals surface area contributed by atoms with Crippen molar-refractivity contribution in [2.75, 3.05) is 13.2 Å². The molecule has 0 amide bonds. The minimum Gasteiger partial charge on any atom is -0.491 e. The summed E-state index contributed by atoms with van der Waals surface area (Å²) in [5, 5.41) is 8.65. The molecule has 0 heterocycles. The van der Waals surface area contributed by atoms with Gasteiger partial charge in [-0.1, -0.05) is 20.8 Å². The van der Waals surface area contributed by atoms with Crippen LogP contribution in [0.15, 0.2) is 12.1 Å². The Morgan fingerprint density at radius 1 is 1.25 bits per heavy atom. The van der Waals surface area contributed by atoms with Crippen LogP contribution in [0.2, 0.25) is 0 Å². The van der Waals surface area contributed by atoms with Crippen LogP contribution in [-0.2, 0) is 5.41 Å². The first-order valence-corrected chi connectivity index (χ1v) is 5.09. The first-order chi connectivity index (χ1) is 7.36. The Labute approximate surface area is 93.9 Å². The molecule has 0 aliphatic heterocycles. The average molecular weight is 230 g/mol. The Morgan fingerprint density at radius 2 is 1.88 bits per heavy atom. The SMILES string of the molecule is CC(C)(C)c1c(F)cc(F)cc1OCCO. The second-order valence-corrected chi connectivity index (χ2v) is 4.58. The smallest absolute Gasteiger partial charge is 0.133 e. The lowest BCUT2D eigenvalue weighted by Gasteiger charge is -2.23. The van der Waals surface area contributed by atoms with Crippen molar-refractivity contribution >= 4 is 0 Å². The standard InChI is InChI=1S/C12H16F2O2/c1-12(2,3)11-9(14)6-8(13)7-10(11)16-5-4-15/h6-7,15H,4-5H2,1-3H3. The molecule has 0 spiro atoms. The Bertz CT molecular complexity index is 370. The van der Waals surface area contributed by atoms with Crippen LogP contribution in [0.4, 0.5) is 8.78 Å². The number of aliphatic hydroxyl groups is 1. The first-order valence-electron chi connectivity index (χ1n) is 5.09. The highest BCUT2D eigenvalue weighted by atomic mass is 19.1. The van der Waals surface area contributed by atoms with Crippen LogP contribution in [0.3, 0.4) is 0 Å². The summed E-state index contributed by atoms with van der Waals surface area (Å²) < 4.78 is 31.8. The van der Waals surface area contributed by atoms with E-state index in [4.69, 9.17) is 9.84 Å². The van der Waals surface area contributed by atoms with Gasteiger partial charge in [-0.3, -0.25) is 0 Å². The van der Waals surface area contributed by atoms with Crippen LogP contribution < -0.4 is 4.74 Å². The molecule has 0 bridgehead atoms. The lowest BCUT2D eigenvalue weighted by atomic mass is 9.86. The molecule has 0 radical (unpaired) electrons. The molecule has 0 aliphatic rings. The van der Waals surface area contributed by atoms with Crippen LogP contribution in [0.1, 0.15) is 26.3 Å². The van der Waals surface area contributed by atoms with Gasteiger partial charge in [0.05, 0.1) is 6.61 Å². The van der Waals surface area contributed by atoms with Crippen molar-refractivity contribution in [3.05, 3.63) is 29.3 Å². The molecular formula is C12H16F2O2. The third-order valence-electron chi connectivity index (χ3n) is 2.12. The molecule has 0 unspecified atom stereocenters. The van der Waals surface area contributed by atoms with Gasteiger partial charge in [-0.25, -0.2) is 8.78 Å². The van der Waals surface area contributed by atoms with Gasteiger partial charge in [-0.15, -0.1) is 0 Å². The molecule has 1 aromatic carbocycles. The van der Waals surface area contributed by atoms with Crippen LogP contribution in [0, 0.1) is 11.6 Å². The van der Waals surface area contributed by atoms with E-state index in [2.05, 4.69) is 0 Å². The van der Waals surface area contributed by atoms with E-state index >= 15 is 0 Å². The molecule has 90 valence electrons. The van der Waals surface area contributed by atoms with Crippen LogP contribution in [-0.4, -0.2) is 18.3 Å². The molecule has 0 saturated heterocycles. The molecular weight excluding hydrogens is 214 g/mol. The van der Waals surface area contributed by atoms with Crippen molar-refractivity contribution in [2.24, 2.45) is 0 Å². The summed E-state index contributed by atoms with van der Waals surface area (Å²) in [7, 11) is 0. The van der Waals surface area contributed by atoms with Gasteiger partial charge in [0.2, 0.25) is 0 Å². The summed E-state index contributed by atoms with van der Waals surface area (Å²) in [4.78, 5) is 0. The number of hydrogen-bond acceptors (Lipinski definition) is 2. The number of benzene rings is 1. The van der Waals surface area contributed by atoms with Gasteiger partial charge in [-0.2, -0.15) is 0 Å². The Balaban J connectivity index is 3.21. The van der Waals surface area contributed by atoms with Gasteiger partial charge in [0.15, 0.2) is 0 Å². The summed E-state index contributed by atoms with van der Waals surface area (Å²) in [5.41, 5.74) is -0.162. The topological polar surface area (TPSA) is 29.5 Å². The number of aliphatic hydroxyl groups excluding tert-OH is 1. The maximum atomic E-state index is 13.7.